The van der Waals surface area contributed by atoms with Gasteiger partial charge < -0.3 is 5.32 Å². The molecule has 18 heavy (non-hydrogen) atoms. The summed E-state index contributed by atoms with van der Waals surface area (Å²) in [4.78, 5) is 0. The molecule has 100 valence electrons. The number of hydrogen-bond acceptors (Lipinski definition) is 1. The van der Waals surface area contributed by atoms with Gasteiger partial charge in [-0.1, -0.05) is 48.3 Å². The van der Waals surface area contributed by atoms with Crippen molar-refractivity contribution in [3.63, 3.8) is 0 Å². The Hall–Kier alpha value is -0.340. The fourth-order valence-corrected chi connectivity index (χ4v) is 3.54. The van der Waals surface area contributed by atoms with E-state index >= 15 is 0 Å². The molecule has 0 radical (unpaired) electrons. The second-order valence-corrected chi connectivity index (χ2v) is 6.57. The van der Waals surface area contributed by atoms with Gasteiger partial charge in [0.15, 0.2) is 0 Å². The van der Waals surface area contributed by atoms with Crippen LogP contribution < -0.4 is 5.32 Å². The fourth-order valence-electron chi connectivity index (χ4n) is 2.96. The summed E-state index contributed by atoms with van der Waals surface area (Å²) in [5.74, 6) is 0.816. The van der Waals surface area contributed by atoms with E-state index in [2.05, 4.69) is 60.2 Å². The second kappa shape index (κ2) is 6.21. The fraction of sp³-hybridized carbons (Fsp3) is 0.625. The molecule has 1 aliphatic carbocycles. The van der Waals surface area contributed by atoms with Crippen LogP contribution in [0, 0.1) is 5.92 Å². The summed E-state index contributed by atoms with van der Waals surface area (Å²) in [5, 5.41) is 3.81. The van der Waals surface area contributed by atoms with Crippen molar-refractivity contribution in [1.29, 1.82) is 0 Å². The average Bonchev–Trinajstić information content (AvgIpc) is 2.74. The number of halogens is 1. The molecule has 0 aromatic heterocycles. The highest BCUT2D eigenvalue weighted by Crippen LogP contribution is 2.36. The molecule has 1 aromatic carbocycles. The van der Waals surface area contributed by atoms with E-state index in [0.29, 0.717) is 12.1 Å². The Bertz CT molecular complexity index is 402. The van der Waals surface area contributed by atoms with Gasteiger partial charge in [-0.05, 0) is 49.3 Å². The molecule has 1 aliphatic rings. The molecule has 0 bridgehead atoms. The highest BCUT2D eigenvalue weighted by molar-refractivity contribution is 9.10. The second-order valence-electron chi connectivity index (χ2n) is 5.72. The van der Waals surface area contributed by atoms with Gasteiger partial charge in [0.25, 0.3) is 0 Å². The Balaban J connectivity index is 1.99. The molecule has 2 rings (SSSR count). The molecule has 3 unspecified atom stereocenters. The third kappa shape index (κ3) is 3.16. The molecular weight excluding hydrogens is 286 g/mol. The van der Waals surface area contributed by atoms with Crippen molar-refractivity contribution in [2.45, 2.75) is 58.5 Å². The van der Waals surface area contributed by atoms with Crippen LogP contribution in [0.1, 0.15) is 57.2 Å². The Morgan fingerprint density at radius 1 is 1.39 bits per heavy atom. The highest BCUT2D eigenvalue weighted by atomic mass is 79.9. The first-order chi connectivity index (χ1) is 8.61. The summed E-state index contributed by atoms with van der Waals surface area (Å²) in [6.07, 6.45) is 4.99. The van der Waals surface area contributed by atoms with Crippen molar-refractivity contribution in [2.24, 2.45) is 5.92 Å². The van der Waals surface area contributed by atoms with Gasteiger partial charge in [-0.3, -0.25) is 0 Å². The Kier molecular flexibility index (Phi) is 4.85. The zero-order chi connectivity index (χ0) is 13.1. The van der Waals surface area contributed by atoms with Crippen LogP contribution in [-0.4, -0.2) is 6.04 Å². The van der Waals surface area contributed by atoms with E-state index in [1.165, 1.54) is 41.3 Å². The van der Waals surface area contributed by atoms with E-state index in [1.54, 1.807) is 0 Å². The molecule has 1 nitrogen and oxygen atoms in total. The summed E-state index contributed by atoms with van der Waals surface area (Å²) in [7, 11) is 0. The Labute approximate surface area is 119 Å². The summed E-state index contributed by atoms with van der Waals surface area (Å²) >= 11 is 3.66. The predicted octanol–water partition coefficient (Wildman–Crippen LogP) is 4.85. The molecular formula is C16H24BrN. The summed E-state index contributed by atoms with van der Waals surface area (Å²) in [5.41, 5.74) is 3.01. The summed E-state index contributed by atoms with van der Waals surface area (Å²) in [6, 6.07) is 7.75. The number of fused-ring (bicyclic) bond motifs is 1. The lowest BCUT2D eigenvalue weighted by atomic mass is 9.99. The lowest BCUT2D eigenvalue weighted by molar-refractivity contribution is 0.374. The van der Waals surface area contributed by atoms with Crippen molar-refractivity contribution < 1.29 is 0 Å². The number of nitrogens with one attached hydrogen (secondary N) is 1. The first-order valence-corrected chi connectivity index (χ1v) is 7.94. The zero-order valence-electron chi connectivity index (χ0n) is 11.7. The molecule has 1 aromatic rings. The molecule has 0 saturated heterocycles. The zero-order valence-corrected chi connectivity index (χ0v) is 13.3. The van der Waals surface area contributed by atoms with Gasteiger partial charge in [0.1, 0.15) is 0 Å². The van der Waals surface area contributed by atoms with Crippen molar-refractivity contribution in [1.82, 2.24) is 5.32 Å². The lowest BCUT2D eigenvalue weighted by Gasteiger charge is -2.22. The van der Waals surface area contributed by atoms with Gasteiger partial charge in [-0.25, -0.2) is 0 Å². The maximum absolute atomic E-state index is 3.81. The quantitative estimate of drug-likeness (QED) is 0.819. The van der Waals surface area contributed by atoms with Gasteiger partial charge in [-0.2, -0.15) is 0 Å². The Morgan fingerprint density at radius 2 is 2.17 bits per heavy atom. The summed E-state index contributed by atoms with van der Waals surface area (Å²) < 4.78 is 1.28. The largest absolute Gasteiger partial charge is 0.307 e. The van der Waals surface area contributed by atoms with Crippen LogP contribution in [0.2, 0.25) is 0 Å². The number of rotatable bonds is 5. The molecule has 0 aliphatic heterocycles. The van der Waals surface area contributed by atoms with Gasteiger partial charge in [0.2, 0.25) is 0 Å². The SMILES string of the molecule is CCC(C)CC(C)NC1CCc2c(Br)cccc21. The Morgan fingerprint density at radius 3 is 2.89 bits per heavy atom. The standard InChI is InChI=1S/C16H24BrN/c1-4-11(2)10-12(3)18-16-9-8-13-14(16)6-5-7-15(13)17/h5-7,11-12,16,18H,4,8-10H2,1-3H3. The third-order valence-corrected chi connectivity index (χ3v) is 4.90. The smallest absolute Gasteiger partial charge is 0.0328 e. The van der Waals surface area contributed by atoms with Crippen molar-refractivity contribution in [2.75, 3.05) is 0 Å². The highest BCUT2D eigenvalue weighted by Gasteiger charge is 2.25. The minimum atomic E-state index is 0.552. The van der Waals surface area contributed by atoms with Crippen molar-refractivity contribution >= 4 is 15.9 Å². The van der Waals surface area contributed by atoms with Crippen LogP contribution in [0.25, 0.3) is 0 Å². The minimum Gasteiger partial charge on any atom is -0.307 e. The first kappa shape index (κ1) is 14.1. The minimum absolute atomic E-state index is 0.552. The first-order valence-electron chi connectivity index (χ1n) is 7.15. The molecule has 3 atom stereocenters. The van der Waals surface area contributed by atoms with Gasteiger partial charge in [-0.15, -0.1) is 0 Å². The van der Waals surface area contributed by atoms with Crippen LogP contribution >= 0.6 is 15.9 Å². The molecule has 0 heterocycles. The van der Waals surface area contributed by atoms with Crippen LogP contribution in [0.5, 0.6) is 0 Å². The predicted molar refractivity (Wildman–Crippen MR) is 81.9 cm³/mol. The molecule has 0 fully saturated rings. The lowest BCUT2D eigenvalue weighted by Crippen LogP contribution is -2.30. The van der Waals surface area contributed by atoms with Crippen LogP contribution in [0.15, 0.2) is 22.7 Å². The third-order valence-electron chi connectivity index (χ3n) is 4.15. The van der Waals surface area contributed by atoms with E-state index < -0.39 is 0 Å². The maximum Gasteiger partial charge on any atom is 0.0328 e. The number of benzene rings is 1. The maximum atomic E-state index is 3.81. The van der Waals surface area contributed by atoms with E-state index in [9.17, 15) is 0 Å². The van der Waals surface area contributed by atoms with Gasteiger partial charge in [0.05, 0.1) is 0 Å². The van der Waals surface area contributed by atoms with Gasteiger partial charge in [0, 0.05) is 16.6 Å². The number of hydrogen-bond donors (Lipinski definition) is 1. The van der Waals surface area contributed by atoms with Crippen LogP contribution in [0.3, 0.4) is 0 Å². The van der Waals surface area contributed by atoms with E-state index in [-0.39, 0.29) is 0 Å². The van der Waals surface area contributed by atoms with Crippen molar-refractivity contribution in [3.8, 4) is 0 Å². The van der Waals surface area contributed by atoms with Crippen LogP contribution in [-0.2, 0) is 6.42 Å². The normalized spacial score (nSPS) is 21.7. The monoisotopic (exact) mass is 309 g/mol. The average molecular weight is 310 g/mol. The molecule has 0 saturated carbocycles. The molecule has 2 heteroatoms. The topological polar surface area (TPSA) is 12.0 Å². The van der Waals surface area contributed by atoms with Crippen LogP contribution in [0.4, 0.5) is 0 Å². The molecule has 0 amide bonds. The van der Waals surface area contributed by atoms with Gasteiger partial charge >= 0.3 is 0 Å². The van der Waals surface area contributed by atoms with Crippen molar-refractivity contribution in [3.05, 3.63) is 33.8 Å². The molecule has 0 spiro atoms. The van der Waals surface area contributed by atoms with E-state index in [4.69, 9.17) is 0 Å². The molecule has 1 N–H and O–H groups in total. The summed E-state index contributed by atoms with van der Waals surface area (Å²) in [6.45, 7) is 6.94. The van der Waals surface area contributed by atoms with E-state index in [0.717, 1.165) is 5.92 Å². The van der Waals surface area contributed by atoms with E-state index in [1.807, 2.05) is 0 Å².